The van der Waals surface area contributed by atoms with E-state index in [-0.39, 0.29) is 22.8 Å². The van der Waals surface area contributed by atoms with Crippen molar-refractivity contribution in [2.24, 2.45) is 0 Å². The molecule has 4 aromatic rings. The number of anilines is 1. The van der Waals surface area contributed by atoms with Crippen molar-refractivity contribution in [2.45, 2.75) is 38.7 Å². The number of amides is 1. The Kier molecular flexibility index (Phi) is 4.72. The lowest BCUT2D eigenvalue weighted by Gasteiger charge is -2.10. The molecule has 9 heteroatoms. The third-order valence-electron chi connectivity index (χ3n) is 5.44. The van der Waals surface area contributed by atoms with Gasteiger partial charge in [-0.25, -0.2) is 23.3 Å². The minimum absolute atomic E-state index is 0.155. The van der Waals surface area contributed by atoms with Crippen LogP contribution in [0.4, 0.5) is 14.5 Å². The van der Waals surface area contributed by atoms with Gasteiger partial charge in [0.2, 0.25) is 0 Å². The van der Waals surface area contributed by atoms with Gasteiger partial charge in [0.05, 0.1) is 6.20 Å². The number of halogens is 2. The van der Waals surface area contributed by atoms with Crippen LogP contribution in [0.15, 0.2) is 48.9 Å². The van der Waals surface area contributed by atoms with E-state index < -0.39 is 12.3 Å². The number of carbonyl (C=O) groups is 1. The van der Waals surface area contributed by atoms with Crippen LogP contribution in [0.25, 0.3) is 5.65 Å². The van der Waals surface area contributed by atoms with Crippen LogP contribution in [-0.4, -0.2) is 30.1 Å². The van der Waals surface area contributed by atoms with Gasteiger partial charge in [0.25, 0.3) is 12.3 Å². The average molecular weight is 422 g/mol. The van der Waals surface area contributed by atoms with Crippen molar-refractivity contribution in [2.75, 3.05) is 5.32 Å². The number of hydrogen-bond donors (Lipinski definition) is 1. The van der Waals surface area contributed by atoms with E-state index >= 15 is 0 Å². The molecule has 158 valence electrons. The SMILES string of the molecule is Cc1nccn1Cc1cccc(NC(=O)c2cnn3c(C(F)F)cc(C4CC4)nc23)c1. The molecule has 3 heterocycles. The van der Waals surface area contributed by atoms with Crippen LogP contribution in [0.1, 0.15) is 58.3 Å². The highest BCUT2D eigenvalue weighted by molar-refractivity contribution is 6.08. The van der Waals surface area contributed by atoms with Crippen molar-refractivity contribution in [3.05, 3.63) is 77.3 Å². The van der Waals surface area contributed by atoms with Gasteiger partial charge in [-0.15, -0.1) is 0 Å². The summed E-state index contributed by atoms with van der Waals surface area (Å²) in [7, 11) is 0. The normalized spacial score (nSPS) is 13.8. The van der Waals surface area contributed by atoms with Crippen molar-refractivity contribution < 1.29 is 13.6 Å². The number of aromatic nitrogens is 5. The van der Waals surface area contributed by atoms with Crippen LogP contribution < -0.4 is 5.32 Å². The fraction of sp³-hybridized carbons (Fsp3) is 0.273. The number of nitrogens with zero attached hydrogens (tertiary/aromatic N) is 5. The van der Waals surface area contributed by atoms with Crippen LogP contribution in [-0.2, 0) is 6.54 Å². The van der Waals surface area contributed by atoms with Crippen molar-refractivity contribution in [1.82, 2.24) is 24.1 Å². The quantitative estimate of drug-likeness (QED) is 0.501. The van der Waals surface area contributed by atoms with Crippen molar-refractivity contribution in [3.63, 3.8) is 0 Å². The molecule has 5 rings (SSSR count). The Balaban J connectivity index is 1.43. The molecule has 1 N–H and O–H groups in total. The van der Waals surface area contributed by atoms with Crippen molar-refractivity contribution in [1.29, 1.82) is 0 Å². The molecule has 1 amide bonds. The Morgan fingerprint density at radius 3 is 2.84 bits per heavy atom. The number of carbonyl (C=O) groups excluding carboxylic acids is 1. The van der Waals surface area contributed by atoms with Crippen LogP contribution >= 0.6 is 0 Å². The molecule has 31 heavy (non-hydrogen) atoms. The number of imidazole rings is 1. The first kappa shape index (κ1) is 19.3. The maximum Gasteiger partial charge on any atom is 0.280 e. The highest BCUT2D eigenvalue weighted by atomic mass is 19.3. The number of fused-ring (bicyclic) bond motifs is 1. The summed E-state index contributed by atoms with van der Waals surface area (Å²) in [5.74, 6) is 0.636. The van der Waals surface area contributed by atoms with E-state index in [1.807, 2.05) is 35.9 Å². The standard InChI is InChI=1S/C22H20F2N6O/c1-13-25-7-8-29(13)12-14-3-2-4-16(9-14)27-22(31)17-11-26-30-19(20(23)24)10-18(15-5-6-15)28-21(17)30/h2-4,7-11,15,20H,5-6,12H2,1H3,(H,27,31). The van der Waals surface area contributed by atoms with Gasteiger partial charge < -0.3 is 9.88 Å². The average Bonchev–Trinajstić information content (AvgIpc) is 3.39. The van der Waals surface area contributed by atoms with Crippen LogP contribution in [0, 0.1) is 6.92 Å². The monoisotopic (exact) mass is 422 g/mol. The second kappa shape index (κ2) is 7.57. The summed E-state index contributed by atoms with van der Waals surface area (Å²) < 4.78 is 30.2. The van der Waals surface area contributed by atoms with Gasteiger partial charge in [0.1, 0.15) is 17.1 Å². The fourth-order valence-electron chi connectivity index (χ4n) is 3.62. The number of rotatable bonds is 6. The Morgan fingerprint density at radius 1 is 1.29 bits per heavy atom. The Hall–Kier alpha value is -3.62. The zero-order valence-electron chi connectivity index (χ0n) is 16.8. The fourth-order valence-corrected chi connectivity index (χ4v) is 3.62. The number of alkyl halides is 2. The summed E-state index contributed by atoms with van der Waals surface area (Å²) in [6.45, 7) is 2.55. The number of nitrogens with one attached hydrogen (secondary N) is 1. The van der Waals surface area contributed by atoms with Gasteiger partial charge in [0.15, 0.2) is 5.65 Å². The highest BCUT2D eigenvalue weighted by Gasteiger charge is 2.29. The minimum atomic E-state index is -2.71. The Bertz CT molecular complexity index is 1270. The summed E-state index contributed by atoms with van der Waals surface area (Å²) in [4.78, 5) is 21.6. The Morgan fingerprint density at radius 2 is 2.13 bits per heavy atom. The molecule has 1 aliphatic rings. The minimum Gasteiger partial charge on any atom is -0.331 e. The Labute approximate surface area is 176 Å². The van der Waals surface area contributed by atoms with Crippen LogP contribution in [0.5, 0.6) is 0 Å². The third kappa shape index (κ3) is 3.78. The van der Waals surface area contributed by atoms with Crippen molar-refractivity contribution in [3.8, 4) is 0 Å². The summed E-state index contributed by atoms with van der Waals surface area (Å²) in [6.07, 6.45) is 4.06. The topological polar surface area (TPSA) is 77.1 Å². The summed E-state index contributed by atoms with van der Waals surface area (Å²) >= 11 is 0. The molecule has 0 atom stereocenters. The van der Waals surface area contributed by atoms with E-state index in [1.54, 1.807) is 12.3 Å². The molecule has 1 saturated carbocycles. The van der Waals surface area contributed by atoms with Crippen LogP contribution in [0.3, 0.4) is 0 Å². The molecule has 0 spiro atoms. The smallest absolute Gasteiger partial charge is 0.280 e. The summed E-state index contributed by atoms with van der Waals surface area (Å²) in [6, 6.07) is 8.86. The van der Waals surface area contributed by atoms with E-state index in [9.17, 15) is 13.6 Å². The van der Waals surface area contributed by atoms with Crippen LogP contribution in [0.2, 0.25) is 0 Å². The van der Waals surface area contributed by atoms with E-state index in [2.05, 4.69) is 20.4 Å². The van der Waals surface area contributed by atoms with Gasteiger partial charge in [-0.2, -0.15) is 5.10 Å². The maximum atomic E-state index is 13.6. The lowest BCUT2D eigenvalue weighted by atomic mass is 10.2. The lowest BCUT2D eigenvalue weighted by molar-refractivity contribution is 0.102. The summed E-state index contributed by atoms with van der Waals surface area (Å²) in [5, 5.41) is 6.84. The van der Waals surface area contributed by atoms with E-state index in [1.165, 1.54) is 12.3 Å². The number of benzene rings is 1. The van der Waals surface area contributed by atoms with E-state index in [0.717, 1.165) is 28.7 Å². The lowest BCUT2D eigenvalue weighted by Crippen LogP contribution is -2.13. The van der Waals surface area contributed by atoms with Gasteiger partial charge in [-0.3, -0.25) is 4.79 Å². The third-order valence-corrected chi connectivity index (χ3v) is 5.44. The molecule has 1 aromatic carbocycles. The van der Waals surface area contributed by atoms with Crippen molar-refractivity contribution >= 4 is 17.2 Å². The molecule has 0 saturated heterocycles. The molecule has 1 aliphatic carbocycles. The molecule has 3 aromatic heterocycles. The molecule has 0 bridgehead atoms. The zero-order chi connectivity index (χ0) is 21.5. The van der Waals surface area contributed by atoms with Gasteiger partial charge in [-0.1, -0.05) is 12.1 Å². The largest absolute Gasteiger partial charge is 0.331 e. The van der Waals surface area contributed by atoms with Gasteiger partial charge in [-0.05, 0) is 43.5 Å². The first-order valence-corrected chi connectivity index (χ1v) is 10.0. The zero-order valence-corrected chi connectivity index (χ0v) is 16.8. The predicted molar refractivity (Wildman–Crippen MR) is 110 cm³/mol. The molecule has 7 nitrogen and oxygen atoms in total. The molecule has 1 fully saturated rings. The second-order valence-electron chi connectivity index (χ2n) is 7.73. The highest BCUT2D eigenvalue weighted by Crippen LogP contribution is 2.40. The van der Waals surface area contributed by atoms with Gasteiger partial charge in [0, 0.05) is 36.2 Å². The predicted octanol–water partition coefficient (Wildman–Crippen LogP) is 4.35. The molecule has 0 aliphatic heterocycles. The van der Waals surface area contributed by atoms with E-state index in [4.69, 9.17) is 0 Å². The molecular weight excluding hydrogens is 402 g/mol. The first-order chi connectivity index (χ1) is 15.0. The van der Waals surface area contributed by atoms with Gasteiger partial charge >= 0.3 is 0 Å². The molecule has 0 radical (unpaired) electrons. The summed E-state index contributed by atoms with van der Waals surface area (Å²) in [5.41, 5.74) is 2.27. The number of aryl methyl sites for hydroxylation is 1. The number of hydrogen-bond acceptors (Lipinski definition) is 4. The van der Waals surface area contributed by atoms with E-state index in [0.29, 0.717) is 17.9 Å². The molecular formula is C22H20F2N6O. The maximum absolute atomic E-state index is 13.6. The molecule has 0 unspecified atom stereocenters. The second-order valence-corrected chi connectivity index (χ2v) is 7.73. The first-order valence-electron chi connectivity index (χ1n) is 10.0.